The molecule has 2 heterocycles. The lowest BCUT2D eigenvalue weighted by atomic mass is 10.1. The molecular weight excluding hydrogens is 339 g/mol. The Morgan fingerprint density at radius 1 is 1.32 bits per heavy atom. The van der Waals surface area contributed by atoms with Gasteiger partial charge in [-0.15, -0.1) is 10.2 Å². The number of hydrogen-bond acceptors (Lipinski definition) is 5. The molecule has 1 amide bonds. The average Bonchev–Trinajstić information content (AvgIpc) is 3.00. The van der Waals surface area contributed by atoms with Gasteiger partial charge in [0.2, 0.25) is 0 Å². The number of amides is 1. The molecule has 2 aromatic rings. The van der Waals surface area contributed by atoms with Crippen molar-refractivity contribution in [3.8, 4) is 0 Å². The van der Waals surface area contributed by atoms with Crippen molar-refractivity contribution in [1.82, 2.24) is 24.9 Å². The second kappa shape index (κ2) is 8.63. The monoisotopic (exact) mass is 359 g/mol. The van der Waals surface area contributed by atoms with Gasteiger partial charge in [0.05, 0.1) is 6.61 Å². The van der Waals surface area contributed by atoms with Crippen molar-refractivity contribution in [2.45, 2.75) is 45.2 Å². The van der Waals surface area contributed by atoms with Crippen LogP contribution in [-0.4, -0.2) is 38.8 Å². The van der Waals surface area contributed by atoms with Gasteiger partial charge in [0, 0.05) is 18.3 Å². The summed E-state index contributed by atoms with van der Waals surface area (Å²) >= 11 is 0. The van der Waals surface area contributed by atoms with Crippen LogP contribution < -0.4 is 5.32 Å². The van der Waals surface area contributed by atoms with Gasteiger partial charge in [0.25, 0.3) is 5.78 Å². The number of alkyl halides is 3. The molecule has 0 fully saturated rings. The normalized spacial score (nSPS) is 11.7. The van der Waals surface area contributed by atoms with Gasteiger partial charge >= 0.3 is 12.3 Å². The third kappa shape index (κ3) is 5.57. The van der Waals surface area contributed by atoms with Crippen LogP contribution >= 0.6 is 0 Å². The fraction of sp³-hybridized carbons (Fsp3) is 0.600. The average molecular weight is 359 g/mol. The summed E-state index contributed by atoms with van der Waals surface area (Å²) in [4.78, 5) is 15.0. The van der Waals surface area contributed by atoms with Crippen LogP contribution in [0.15, 0.2) is 12.5 Å². The Labute approximate surface area is 142 Å². The van der Waals surface area contributed by atoms with Crippen LogP contribution in [0.25, 0.3) is 5.78 Å². The second-order valence-corrected chi connectivity index (χ2v) is 5.52. The summed E-state index contributed by atoms with van der Waals surface area (Å²) < 4.78 is 45.6. The summed E-state index contributed by atoms with van der Waals surface area (Å²) in [6, 6.07) is 0. The van der Waals surface area contributed by atoms with Gasteiger partial charge in [0.1, 0.15) is 6.33 Å². The van der Waals surface area contributed by atoms with Crippen molar-refractivity contribution in [3.63, 3.8) is 0 Å². The molecule has 0 aromatic carbocycles. The molecule has 2 rings (SSSR count). The number of carbonyl (C=O) groups excluding carboxylic acids is 1. The highest BCUT2D eigenvalue weighted by atomic mass is 19.4. The molecule has 1 N–H and O–H groups in total. The van der Waals surface area contributed by atoms with Gasteiger partial charge in [-0.1, -0.05) is 26.2 Å². The number of hydrogen-bond donors (Lipinski definition) is 1. The summed E-state index contributed by atoms with van der Waals surface area (Å²) in [5.74, 6) is -0.129. The van der Waals surface area contributed by atoms with Crippen molar-refractivity contribution >= 4 is 11.9 Å². The first-order valence-electron chi connectivity index (χ1n) is 8.09. The zero-order valence-corrected chi connectivity index (χ0v) is 13.8. The zero-order valence-electron chi connectivity index (χ0n) is 13.8. The van der Waals surface area contributed by atoms with Gasteiger partial charge in [-0.2, -0.15) is 13.2 Å². The number of fused-ring (bicyclic) bond motifs is 1. The maximum absolute atomic E-state index is 13.1. The van der Waals surface area contributed by atoms with Crippen LogP contribution in [-0.2, 0) is 17.3 Å². The minimum atomic E-state index is -4.61. The van der Waals surface area contributed by atoms with Crippen molar-refractivity contribution in [2.24, 2.45) is 0 Å². The number of rotatable bonds is 8. The molecule has 10 heteroatoms. The Hall–Kier alpha value is -2.39. The van der Waals surface area contributed by atoms with E-state index >= 15 is 0 Å². The number of nitrogens with one attached hydrogen (secondary N) is 1. The van der Waals surface area contributed by atoms with E-state index in [0.29, 0.717) is 6.61 Å². The largest absolute Gasteiger partial charge is 0.450 e. The molecule has 0 spiro atoms. The third-order valence-electron chi connectivity index (χ3n) is 3.53. The van der Waals surface area contributed by atoms with Crippen LogP contribution in [0.2, 0.25) is 0 Å². The molecular formula is C15H20F3N5O2. The first-order valence-corrected chi connectivity index (χ1v) is 8.09. The van der Waals surface area contributed by atoms with Crippen LogP contribution in [0, 0.1) is 0 Å². The Morgan fingerprint density at radius 2 is 2.12 bits per heavy atom. The van der Waals surface area contributed by atoms with E-state index in [1.54, 1.807) is 0 Å². The number of carbonyl (C=O) groups is 1. The van der Waals surface area contributed by atoms with Gasteiger partial charge in [-0.3, -0.25) is 4.40 Å². The van der Waals surface area contributed by atoms with Gasteiger partial charge in [-0.05, 0) is 12.8 Å². The van der Waals surface area contributed by atoms with E-state index in [9.17, 15) is 18.0 Å². The Balaban J connectivity index is 1.88. The minimum Gasteiger partial charge on any atom is -0.450 e. The summed E-state index contributed by atoms with van der Waals surface area (Å²) in [6.45, 7) is 2.38. The quantitative estimate of drug-likeness (QED) is 0.733. The Morgan fingerprint density at radius 3 is 2.84 bits per heavy atom. The summed E-state index contributed by atoms with van der Waals surface area (Å²) in [7, 11) is 0. The maximum Gasteiger partial charge on any atom is 0.433 e. The van der Waals surface area contributed by atoms with E-state index in [4.69, 9.17) is 4.74 Å². The van der Waals surface area contributed by atoms with Gasteiger partial charge in [-0.25, -0.2) is 9.78 Å². The van der Waals surface area contributed by atoms with E-state index in [1.165, 1.54) is 16.9 Å². The van der Waals surface area contributed by atoms with Crippen molar-refractivity contribution in [2.75, 3.05) is 13.2 Å². The van der Waals surface area contributed by atoms with Crippen LogP contribution in [0.3, 0.4) is 0 Å². The number of unbranched alkanes of at least 4 members (excludes halogenated alkanes) is 3. The van der Waals surface area contributed by atoms with Crippen LogP contribution in [0.5, 0.6) is 0 Å². The first kappa shape index (κ1) is 18.9. The first-order chi connectivity index (χ1) is 11.9. The van der Waals surface area contributed by atoms with E-state index < -0.39 is 18.0 Å². The molecule has 0 saturated heterocycles. The van der Waals surface area contributed by atoms with E-state index in [1.807, 2.05) is 0 Å². The molecule has 0 aliphatic heterocycles. The second-order valence-electron chi connectivity index (χ2n) is 5.52. The van der Waals surface area contributed by atoms with E-state index in [2.05, 4.69) is 27.4 Å². The molecule has 0 saturated carbocycles. The molecule has 7 nitrogen and oxygen atoms in total. The number of aromatic nitrogens is 4. The topological polar surface area (TPSA) is 81.4 Å². The smallest absolute Gasteiger partial charge is 0.433 e. The Bertz CT molecular complexity index is 702. The highest BCUT2D eigenvalue weighted by molar-refractivity contribution is 5.67. The summed E-state index contributed by atoms with van der Waals surface area (Å²) in [6.07, 6.45) is 1.15. The molecule has 0 atom stereocenters. The summed E-state index contributed by atoms with van der Waals surface area (Å²) in [5, 5.41) is 9.48. The van der Waals surface area contributed by atoms with Crippen molar-refractivity contribution in [1.29, 1.82) is 0 Å². The predicted octanol–water partition coefficient (Wildman–Crippen LogP) is 2.99. The minimum absolute atomic E-state index is 0.00614. The maximum atomic E-state index is 13.1. The highest BCUT2D eigenvalue weighted by Gasteiger charge is 2.36. The predicted molar refractivity (Wildman–Crippen MR) is 83.0 cm³/mol. The Kier molecular flexibility index (Phi) is 6.54. The fourth-order valence-electron chi connectivity index (χ4n) is 2.28. The van der Waals surface area contributed by atoms with E-state index in [0.717, 1.165) is 25.7 Å². The summed E-state index contributed by atoms with van der Waals surface area (Å²) in [5.41, 5.74) is -1.08. The van der Waals surface area contributed by atoms with Gasteiger partial charge in [0.15, 0.2) is 5.69 Å². The standard InChI is InChI=1S/C15H20F3N5O2/c1-2-3-4-5-8-25-14(24)19-7-6-11-9-23-10-20-22-13(23)21-12(11)15(16,17)18/h9-10H,2-8H2,1H3,(H,19,24). The lowest BCUT2D eigenvalue weighted by Gasteiger charge is -2.12. The highest BCUT2D eigenvalue weighted by Crippen LogP contribution is 2.30. The third-order valence-corrected chi connectivity index (χ3v) is 3.53. The molecule has 0 aliphatic rings. The zero-order chi connectivity index (χ0) is 18.3. The van der Waals surface area contributed by atoms with Crippen molar-refractivity contribution in [3.05, 3.63) is 23.8 Å². The molecule has 0 aliphatic carbocycles. The molecule has 0 radical (unpaired) electrons. The van der Waals surface area contributed by atoms with Gasteiger partial charge < -0.3 is 10.1 Å². The van der Waals surface area contributed by atoms with Crippen LogP contribution in [0.4, 0.5) is 18.0 Å². The molecule has 2 aromatic heterocycles. The van der Waals surface area contributed by atoms with E-state index in [-0.39, 0.29) is 24.3 Å². The van der Waals surface area contributed by atoms with Crippen molar-refractivity contribution < 1.29 is 22.7 Å². The number of ether oxygens (including phenoxy) is 1. The lowest BCUT2D eigenvalue weighted by molar-refractivity contribution is -0.141. The fourth-order valence-corrected chi connectivity index (χ4v) is 2.28. The molecule has 0 unspecified atom stereocenters. The molecule has 138 valence electrons. The molecule has 25 heavy (non-hydrogen) atoms. The number of nitrogens with zero attached hydrogens (tertiary/aromatic N) is 4. The SMILES string of the molecule is CCCCCCOC(=O)NCCc1cn2cnnc2nc1C(F)(F)F. The lowest BCUT2D eigenvalue weighted by Crippen LogP contribution is -2.27. The molecule has 0 bridgehead atoms. The number of alkyl carbamates (subject to hydrolysis) is 1. The van der Waals surface area contributed by atoms with Crippen LogP contribution in [0.1, 0.15) is 43.9 Å². The number of halogens is 3.